The van der Waals surface area contributed by atoms with Crippen molar-refractivity contribution in [3.05, 3.63) is 41.7 Å². The average molecular weight is 262 g/mol. The zero-order chi connectivity index (χ0) is 13.0. The number of primary amides is 1. The Hall–Kier alpha value is -2.28. The van der Waals surface area contributed by atoms with Crippen LogP contribution in [0.2, 0.25) is 0 Å². The molecule has 0 radical (unpaired) electrons. The van der Waals surface area contributed by atoms with Gasteiger partial charge < -0.3 is 11.1 Å². The number of carbonyl (C=O) groups is 2. The minimum absolute atomic E-state index is 0.0336. The molecular weight excluding hydrogens is 252 g/mol. The third-order valence-electron chi connectivity index (χ3n) is 2.08. The molecule has 3 N–H and O–H groups in total. The molecule has 92 valence electrons. The molecule has 0 aliphatic heterocycles. The fraction of sp³-hybridized carbons (Fsp3) is 0.0909. The van der Waals surface area contributed by atoms with Crippen LogP contribution in [-0.2, 0) is 4.79 Å². The number of amides is 1. The lowest BCUT2D eigenvalue weighted by atomic mass is 10.1. The van der Waals surface area contributed by atoms with Crippen molar-refractivity contribution in [3.8, 4) is 0 Å². The van der Waals surface area contributed by atoms with E-state index in [1.165, 1.54) is 0 Å². The second kappa shape index (κ2) is 5.37. The minimum atomic E-state index is -0.499. The molecule has 7 heteroatoms. The van der Waals surface area contributed by atoms with Gasteiger partial charge in [0.25, 0.3) is 0 Å². The number of nitrogens with two attached hydrogens (primary N) is 1. The molecule has 1 amide bonds. The molecule has 2 aromatic rings. The van der Waals surface area contributed by atoms with Crippen molar-refractivity contribution in [2.75, 3.05) is 11.9 Å². The lowest BCUT2D eigenvalue weighted by Crippen LogP contribution is -2.21. The van der Waals surface area contributed by atoms with Crippen molar-refractivity contribution in [2.24, 2.45) is 5.73 Å². The second-order valence-corrected chi connectivity index (χ2v) is 4.19. The summed E-state index contributed by atoms with van der Waals surface area (Å²) in [5.41, 5.74) is 5.51. The number of benzene rings is 1. The van der Waals surface area contributed by atoms with E-state index in [1.54, 1.807) is 24.3 Å². The first-order chi connectivity index (χ1) is 8.66. The number of carbonyl (C=O) groups excluding carboxylic acids is 2. The smallest absolute Gasteiger partial charge is 0.236 e. The van der Waals surface area contributed by atoms with E-state index in [2.05, 4.69) is 14.7 Å². The number of hydrogen-bond donors (Lipinski definition) is 2. The monoisotopic (exact) mass is 262 g/mol. The number of rotatable bonds is 5. The molecule has 1 aromatic heterocycles. The zero-order valence-electron chi connectivity index (χ0n) is 9.29. The molecule has 0 bridgehead atoms. The van der Waals surface area contributed by atoms with Gasteiger partial charge in [-0.1, -0.05) is 30.3 Å². The Morgan fingerprint density at radius 3 is 2.67 bits per heavy atom. The number of nitrogens with one attached hydrogen (secondary N) is 1. The van der Waals surface area contributed by atoms with E-state index in [9.17, 15) is 9.59 Å². The first-order valence-corrected chi connectivity index (χ1v) is 5.90. The van der Waals surface area contributed by atoms with Gasteiger partial charge in [0.05, 0.1) is 6.54 Å². The lowest BCUT2D eigenvalue weighted by molar-refractivity contribution is -0.116. The molecule has 18 heavy (non-hydrogen) atoms. The van der Waals surface area contributed by atoms with Crippen molar-refractivity contribution in [1.82, 2.24) is 9.36 Å². The normalized spacial score (nSPS) is 10.0. The van der Waals surface area contributed by atoms with Gasteiger partial charge in [-0.25, -0.2) is 0 Å². The fourth-order valence-corrected chi connectivity index (χ4v) is 1.83. The second-order valence-electron chi connectivity index (χ2n) is 3.44. The van der Waals surface area contributed by atoms with Crippen LogP contribution >= 0.6 is 11.5 Å². The van der Waals surface area contributed by atoms with Gasteiger partial charge in [0, 0.05) is 17.1 Å². The Morgan fingerprint density at radius 2 is 2.00 bits per heavy atom. The lowest BCUT2D eigenvalue weighted by Gasteiger charge is -1.96. The molecule has 1 heterocycles. The maximum Gasteiger partial charge on any atom is 0.236 e. The summed E-state index contributed by atoms with van der Waals surface area (Å²) < 4.78 is 3.94. The maximum atomic E-state index is 12.0. The van der Waals surface area contributed by atoms with E-state index in [-0.39, 0.29) is 18.2 Å². The molecule has 0 saturated carbocycles. The van der Waals surface area contributed by atoms with Crippen LogP contribution in [0.3, 0.4) is 0 Å². The average Bonchev–Trinajstić information content (AvgIpc) is 2.85. The third-order valence-corrected chi connectivity index (χ3v) is 2.75. The third kappa shape index (κ3) is 2.89. The van der Waals surface area contributed by atoms with Crippen LogP contribution in [0.25, 0.3) is 0 Å². The molecule has 0 atom stereocenters. The molecule has 0 saturated heterocycles. The topological polar surface area (TPSA) is 98.0 Å². The van der Waals surface area contributed by atoms with Crippen LogP contribution in [0.15, 0.2) is 30.3 Å². The van der Waals surface area contributed by atoms with Crippen molar-refractivity contribution < 1.29 is 9.59 Å². The van der Waals surface area contributed by atoms with E-state index < -0.39 is 5.91 Å². The first-order valence-electron chi connectivity index (χ1n) is 5.12. The summed E-state index contributed by atoms with van der Waals surface area (Å²) in [5.74, 6) is -0.640. The van der Waals surface area contributed by atoms with Crippen molar-refractivity contribution in [2.45, 2.75) is 0 Å². The molecule has 0 unspecified atom stereocenters. The van der Waals surface area contributed by atoms with E-state index >= 15 is 0 Å². The van der Waals surface area contributed by atoms with E-state index in [4.69, 9.17) is 5.73 Å². The van der Waals surface area contributed by atoms with Crippen LogP contribution in [0, 0.1) is 0 Å². The van der Waals surface area contributed by atoms with Gasteiger partial charge in [-0.3, -0.25) is 9.59 Å². The predicted molar refractivity (Wildman–Crippen MR) is 67.5 cm³/mol. The van der Waals surface area contributed by atoms with Gasteiger partial charge in [-0.15, -0.1) is 0 Å². The standard InChI is InChI=1S/C11H10N4O2S/c12-8(16)6-13-11-14-10(15-18-11)9(17)7-4-2-1-3-5-7/h1-5H,6H2,(H2,12,16)(H,13,14,15). The summed E-state index contributed by atoms with van der Waals surface area (Å²) in [6, 6.07) is 8.75. The fourth-order valence-electron chi connectivity index (χ4n) is 1.27. The number of aromatic nitrogens is 2. The predicted octanol–water partition coefficient (Wildman–Crippen LogP) is 0.666. The highest BCUT2D eigenvalue weighted by molar-refractivity contribution is 7.09. The SMILES string of the molecule is NC(=O)CNc1nc(C(=O)c2ccccc2)ns1. The van der Waals surface area contributed by atoms with Crippen LogP contribution in [0.4, 0.5) is 5.13 Å². The van der Waals surface area contributed by atoms with Gasteiger partial charge in [0.15, 0.2) is 0 Å². The Morgan fingerprint density at radius 1 is 1.28 bits per heavy atom. The van der Waals surface area contributed by atoms with E-state index in [0.29, 0.717) is 10.7 Å². The summed E-state index contributed by atoms with van der Waals surface area (Å²) in [5, 5.41) is 3.09. The van der Waals surface area contributed by atoms with Crippen molar-refractivity contribution >= 4 is 28.4 Å². The largest absolute Gasteiger partial charge is 0.368 e. The summed E-state index contributed by atoms with van der Waals surface area (Å²) in [7, 11) is 0. The summed E-state index contributed by atoms with van der Waals surface area (Å²) in [6.07, 6.45) is 0. The molecule has 0 spiro atoms. The zero-order valence-corrected chi connectivity index (χ0v) is 10.1. The molecular formula is C11H10N4O2S. The van der Waals surface area contributed by atoms with Gasteiger partial charge in [-0.2, -0.15) is 9.36 Å². The number of hydrogen-bond acceptors (Lipinski definition) is 6. The number of ketones is 1. The Bertz CT molecular complexity index is 567. The quantitative estimate of drug-likeness (QED) is 0.771. The van der Waals surface area contributed by atoms with Crippen LogP contribution < -0.4 is 11.1 Å². The van der Waals surface area contributed by atoms with Crippen molar-refractivity contribution in [1.29, 1.82) is 0 Å². The first kappa shape index (κ1) is 12.2. The van der Waals surface area contributed by atoms with E-state index in [0.717, 1.165) is 11.5 Å². The summed E-state index contributed by atoms with van der Waals surface area (Å²) in [6.45, 7) is -0.0336. The van der Waals surface area contributed by atoms with Gasteiger partial charge in [-0.05, 0) is 0 Å². The van der Waals surface area contributed by atoms with Crippen LogP contribution in [0.5, 0.6) is 0 Å². The van der Waals surface area contributed by atoms with Crippen molar-refractivity contribution in [3.63, 3.8) is 0 Å². The summed E-state index contributed by atoms with van der Waals surface area (Å²) in [4.78, 5) is 26.5. The Balaban J connectivity index is 2.10. The van der Waals surface area contributed by atoms with Crippen LogP contribution in [0.1, 0.15) is 16.2 Å². The molecule has 6 nitrogen and oxygen atoms in total. The number of nitrogens with zero attached hydrogens (tertiary/aromatic N) is 2. The highest BCUT2D eigenvalue weighted by Crippen LogP contribution is 2.13. The Labute approximate surface area is 107 Å². The molecule has 0 aliphatic rings. The summed E-state index contributed by atoms with van der Waals surface area (Å²) >= 11 is 1.01. The minimum Gasteiger partial charge on any atom is -0.368 e. The molecule has 2 rings (SSSR count). The Kier molecular flexibility index (Phi) is 3.63. The van der Waals surface area contributed by atoms with E-state index in [1.807, 2.05) is 6.07 Å². The number of anilines is 1. The highest BCUT2D eigenvalue weighted by Gasteiger charge is 2.14. The highest BCUT2D eigenvalue weighted by atomic mass is 32.1. The maximum absolute atomic E-state index is 12.0. The molecule has 1 aromatic carbocycles. The van der Waals surface area contributed by atoms with Gasteiger partial charge in [0.2, 0.25) is 22.6 Å². The van der Waals surface area contributed by atoms with Crippen LogP contribution in [-0.4, -0.2) is 27.6 Å². The van der Waals surface area contributed by atoms with Gasteiger partial charge in [0.1, 0.15) is 0 Å². The molecule has 0 aliphatic carbocycles. The van der Waals surface area contributed by atoms with Gasteiger partial charge >= 0.3 is 0 Å². The molecule has 0 fully saturated rings.